The van der Waals surface area contributed by atoms with Crippen molar-refractivity contribution in [2.45, 2.75) is 79.2 Å². The molecule has 0 bridgehead atoms. The molecule has 0 saturated heterocycles. The first-order valence-electron chi connectivity index (χ1n) is 12.2. The zero-order valence-electron chi connectivity index (χ0n) is 21.4. The van der Waals surface area contributed by atoms with Crippen LogP contribution >= 0.6 is 8.24 Å². The first-order chi connectivity index (χ1) is 15.6. The molecule has 1 aliphatic carbocycles. The predicted octanol–water partition coefficient (Wildman–Crippen LogP) is 8.79. The van der Waals surface area contributed by atoms with Crippen LogP contribution in [0.3, 0.4) is 0 Å². The molecule has 1 aliphatic rings. The van der Waals surface area contributed by atoms with Gasteiger partial charge < -0.3 is 13.1 Å². The summed E-state index contributed by atoms with van der Waals surface area (Å²) in [6, 6.07) is 10.7. The Morgan fingerprint density at radius 3 is 2.45 bits per heavy atom. The molecular weight excluding hydrogens is 431 g/mol. The minimum atomic E-state index is -1.62. The summed E-state index contributed by atoms with van der Waals surface area (Å²) < 4.78 is 25.5. The average molecular weight is 471 g/mol. The number of fused-ring (bicyclic) bond motifs is 3. The van der Waals surface area contributed by atoms with Crippen LogP contribution in [0.2, 0.25) is 0 Å². The van der Waals surface area contributed by atoms with E-state index in [2.05, 4.69) is 72.7 Å². The predicted molar refractivity (Wildman–Crippen MR) is 138 cm³/mol. The molecule has 0 spiro atoms. The van der Waals surface area contributed by atoms with Crippen molar-refractivity contribution in [2.24, 2.45) is 17.8 Å². The fourth-order valence-electron chi connectivity index (χ4n) is 5.04. The zero-order valence-corrected chi connectivity index (χ0v) is 22.3. The van der Waals surface area contributed by atoms with Crippen LogP contribution in [0.25, 0.3) is 21.9 Å². The third-order valence-electron chi connectivity index (χ3n) is 7.08. The van der Waals surface area contributed by atoms with Crippen molar-refractivity contribution >= 4 is 30.2 Å². The van der Waals surface area contributed by atoms with Crippen LogP contribution in [0.15, 0.2) is 38.7 Å². The molecule has 1 heterocycles. The van der Waals surface area contributed by atoms with Gasteiger partial charge in [0.05, 0.1) is 13.2 Å². The highest BCUT2D eigenvalue weighted by molar-refractivity contribution is 7.31. The lowest BCUT2D eigenvalue weighted by molar-refractivity contribution is 0.0746. The van der Waals surface area contributed by atoms with Crippen LogP contribution in [0, 0.1) is 24.7 Å². The number of methoxy groups -OCH3 is 1. The normalized spacial score (nSPS) is 22.2. The average Bonchev–Trinajstić information content (AvgIpc) is 2.88. The monoisotopic (exact) mass is 470 g/mol. The molecule has 1 saturated carbocycles. The van der Waals surface area contributed by atoms with E-state index in [1.807, 2.05) is 6.07 Å². The fraction of sp³-hybridized carbons (Fsp3) is 0.571. The maximum Gasteiger partial charge on any atom is 0.387 e. The molecule has 1 aromatic heterocycles. The Hall–Kier alpha value is -1.90. The Morgan fingerprint density at radius 1 is 1.03 bits per heavy atom. The van der Waals surface area contributed by atoms with Crippen LogP contribution in [0.4, 0.5) is 0 Å². The number of ether oxygens (including phenoxy) is 1. The highest BCUT2D eigenvalue weighted by atomic mass is 31.1. The smallest absolute Gasteiger partial charge is 0.387 e. The number of rotatable bonds is 4. The van der Waals surface area contributed by atoms with Crippen LogP contribution in [0.1, 0.15) is 71.9 Å². The van der Waals surface area contributed by atoms with Gasteiger partial charge in [0.1, 0.15) is 5.58 Å². The van der Waals surface area contributed by atoms with E-state index in [0.29, 0.717) is 23.3 Å². The molecule has 4 rings (SSSR count). The largest absolute Gasteiger partial charge is 0.493 e. The lowest BCUT2D eigenvalue weighted by atomic mass is 9.75. The second-order valence-corrected chi connectivity index (χ2v) is 12.2. The molecular formula is C28H39O4P. The third kappa shape index (κ3) is 5.12. The van der Waals surface area contributed by atoms with E-state index in [9.17, 15) is 0 Å². The molecule has 180 valence electrons. The van der Waals surface area contributed by atoms with Gasteiger partial charge in [0.2, 0.25) is 0 Å². The first kappa shape index (κ1) is 24.2. The van der Waals surface area contributed by atoms with Crippen molar-refractivity contribution in [3.63, 3.8) is 0 Å². The van der Waals surface area contributed by atoms with Crippen molar-refractivity contribution in [2.75, 3.05) is 7.11 Å². The standard InChI is InChI=1S/C28H39O4P/c1-17(2)21-11-9-18(3)14-24(21)30-33-31-25-16-20(28(5,6)7)10-12-22(25)23-13-19(4)15-26(29-8)27(23)32-33/h10,12-13,15-18,21,24H,9,11,14H2,1-8H3. The van der Waals surface area contributed by atoms with Crippen molar-refractivity contribution in [1.82, 2.24) is 0 Å². The van der Waals surface area contributed by atoms with Gasteiger partial charge in [0.25, 0.3) is 0 Å². The maximum atomic E-state index is 6.69. The van der Waals surface area contributed by atoms with Crippen molar-refractivity contribution in [1.29, 1.82) is 0 Å². The number of benzene rings is 2. The minimum Gasteiger partial charge on any atom is -0.493 e. The fourth-order valence-corrected chi connectivity index (χ4v) is 6.27. The van der Waals surface area contributed by atoms with Gasteiger partial charge >= 0.3 is 8.24 Å². The van der Waals surface area contributed by atoms with Gasteiger partial charge in [0.15, 0.2) is 11.3 Å². The van der Waals surface area contributed by atoms with Crippen LogP contribution < -0.4 is 9.26 Å². The van der Waals surface area contributed by atoms with Gasteiger partial charge in [-0.05, 0) is 72.3 Å². The Kier molecular flexibility index (Phi) is 6.90. The van der Waals surface area contributed by atoms with Gasteiger partial charge in [-0.25, -0.2) is 0 Å². The second kappa shape index (κ2) is 9.39. The lowest BCUT2D eigenvalue weighted by Crippen LogP contribution is -2.35. The summed E-state index contributed by atoms with van der Waals surface area (Å²) in [5, 5.41) is 2.01. The van der Waals surface area contributed by atoms with Crippen molar-refractivity contribution in [3.05, 3.63) is 41.5 Å². The van der Waals surface area contributed by atoms with Gasteiger partial charge in [-0.2, -0.15) is 0 Å². The number of hydrogen-bond acceptors (Lipinski definition) is 4. The Balaban J connectivity index is 1.95. The molecule has 0 N–H and O–H groups in total. The Labute approximate surface area is 199 Å². The molecule has 4 unspecified atom stereocenters. The van der Waals surface area contributed by atoms with Crippen LogP contribution in [-0.4, -0.2) is 13.2 Å². The maximum absolute atomic E-state index is 6.69. The molecule has 4 atom stereocenters. The van der Waals surface area contributed by atoms with E-state index in [0.717, 1.165) is 34.1 Å². The van der Waals surface area contributed by atoms with Gasteiger partial charge in [-0.3, -0.25) is 4.52 Å². The highest BCUT2D eigenvalue weighted by Gasteiger charge is 2.33. The molecule has 0 aliphatic heterocycles. The highest BCUT2D eigenvalue weighted by Crippen LogP contribution is 2.43. The van der Waals surface area contributed by atoms with E-state index in [-0.39, 0.29) is 11.5 Å². The Morgan fingerprint density at radius 2 is 1.79 bits per heavy atom. The van der Waals surface area contributed by atoms with E-state index in [4.69, 9.17) is 17.7 Å². The molecule has 1 fully saturated rings. The quantitative estimate of drug-likeness (QED) is 0.382. The van der Waals surface area contributed by atoms with Gasteiger partial charge in [0, 0.05) is 10.8 Å². The molecule has 33 heavy (non-hydrogen) atoms. The summed E-state index contributed by atoms with van der Waals surface area (Å²) in [6.45, 7) is 15.7. The molecule has 0 radical (unpaired) electrons. The van der Waals surface area contributed by atoms with E-state index >= 15 is 0 Å². The topological polar surface area (TPSA) is 44.7 Å². The molecule has 4 nitrogen and oxygen atoms in total. The summed E-state index contributed by atoms with van der Waals surface area (Å²) >= 11 is 0. The lowest BCUT2D eigenvalue weighted by Gasteiger charge is -2.35. The van der Waals surface area contributed by atoms with E-state index in [1.54, 1.807) is 7.11 Å². The summed E-state index contributed by atoms with van der Waals surface area (Å²) in [7, 11) is 0.0643. The number of aryl methyl sites for hydroxylation is 1. The summed E-state index contributed by atoms with van der Waals surface area (Å²) in [5.41, 5.74) is 3.90. The Bertz CT molecular complexity index is 1170. The summed E-state index contributed by atoms with van der Waals surface area (Å²) in [4.78, 5) is 0. The molecule has 3 aromatic rings. The van der Waals surface area contributed by atoms with Gasteiger partial charge in [-0.1, -0.05) is 60.1 Å². The molecule has 5 heteroatoms. The van der Waals surface area contributed by atoms with Crippen molar-refractivity contribution < 1.29 is 17.7 Å². The second-order valence-electron chi connectivity index (χ2n) is 11.2. The van der Waals surface area contributed by atoms with E-state index < -0.39 is 8.24 Å². The summed E-state index contributed by atoms with van der Waals surface area (Å²) in [6.07, 6.45) is 3.63. The minimum absolute atomic E-state index is 0.0177. The van der Waals surface area contributed by atoms with E-state index in [1.165, 1.54) is 18.4 Å². The SMILES string of the molecule is COc1cc(C)cc2c1op(OC1CC(C)CCC1C(C)C)oc1cc(C(C)(C)C)ccc12. The number of hydrogen-bond donors (Lipinski definition) is 0. The molecule has 2 aromatic carbocycles. The third-order valence-corrected chi connectivity index (χ3v) is 8.20. The van der Waals surface area contributed by atoms with Crippen LogP contribution in [-0.2, 0) is 5.41 Å². The summed E-state index contributed by atoms with van der Waals surface area (Å²) in [5.74, 6) is 2.44. The van der Waals surface area contributed by atoms with Gasteiger partial charge in [-0.15, -0.1) is 0 Å². The molecule has 0 amide bonds. The van der Waals surface area contributed by atoms with Crippen molar-refractivity contribution in [3.8, 4) is 5.75 Å². The van der Waals surface area contributed by atoms with Crippen LogP contribution in [0.5, 0.6) is 5.75 Å². The zero-order chi connectivity index (χ0) is 23.9. The first-order valence-corrected chi connectivity index (χ1v) is 13.3.